The van der Waals surface area contributed by atoms with E-state index >= 15 is 0 Å². The molecule has 0 unspecified atom stereocenters. The molecule has 1 saturated heterocycles. The topological polar surface area (TPSA) is 67.9 Å². The first-order valence-corrected chi connectivity index (χ1v) is 12.6. The van der Waals surface area contributed by atoms with Crippen LogP contribution in [-0.4, -0.2) is 16.7 Å². The Morgan fingerprint density at radius 2 is 1.57 bits per heavy atom. The van der Waals surface area contributed by atoms with E-state index in [9.17, 15) is 19.7 Å². The van der Waals surface area contributed by atoms with Gasteiger partial charge in [0.2, 0.25) is 0 Å². The average molecular weight is 486 g/mol. The minimum Gasteiger partial charge on any atom is -0.359 e. The summed E-state index contributed by atoms with van der Waals surface area (Å²) in [6, 6.07) is 27.2. The highest BCUT2D eigenvalue weighted by molar-refractivity contribution is 6.01. The predicted octanol–water partition coefficient (Wildman–Crippen LogP) is 6.57. The molecule has 0 aromatic heterocycles. The molecular formula is C32H24FN3O. The quantitative estimate of drug-likeness (QED) is 0.303. The number of rotatable bonds is 5. The first-order chi connectivity index (χ1) is 18.1. The van der Waals surface area contributed by atoms with Crippen molar-refractivity contribution in [1.29, 1.82) is 10.5 Å². The Hall–Kier alpha value is -4.48. The largest absolute Gasteiger partial charge is 0.359 e. The van der Waals surface area contributed by atoms with Crippen molar-refractivity contribution in [2.75, 3.05) is 0 Å². The van der Waals surface area contributed by atoms with Gasteiger partial charge in [-0.15, -0.1) is 0 Å². The molecule has 2 fully saturated rings. The third-order valence-electron chi connectivity index (χ3n) is 7.92. The van der Waals surface area contributed by atoms with Crippen LogP contribution in [0.25, 0.3) is 6.08 Å². The first kappa shape index (κ1) is 23.0. The summed E-state index contributed by atoms with van der Waals surface area (Å²) in [6.07, 6.45) is 5.84. The Morgan fingerprint density at radius 3 is 2.24 bits per heavy atom. The zero-order chi connectivity index (χ0) is 25.5. The second-order valence-corrected chi connectivity index (χ2v) is 9.94. The monoisotopic (exact) mass is 485 g/mol. The van der Waals surface area contributed by atoms with Crippen molar-refractivity contribution in [2.24, 2.45) is 11.8 Å². The molecule has 0 bridgehead atoms. The van der Waals surface area contributed by atoms with Gasteiger partial charge in [-0.25, -0.2) is 4.39 Å². The van der Waals surface area contributed by atoms with Crippen LogP contribution in [0.2, 0.25) is 0 Å². The van der Waals surface area contributed by atoms with Crippen LogP contribution in [0, 0.1) is 40.3 Å². The number of Topliss-reactive ketones (excluding diaryl/α,β-unsaturated/α-hetero) is 1. The number of hydrogen-bond acceptors (Lipinski definition) is 4. The van der Waals surface area contributed by atoms with Crippen molar-refractivity contribution in [3.05, 3.63) is 124 Å². The zero-order valence-corrected chi connectivity index (χ0v) is 20.1. The fraction of sp³-hybridized carbons (Fsp3) is 0.219. The summed E-state index contributed by atoms with van der Waals surface area (Å²) in [4.78, 5) is 16.3. The third kappa shape index (κ3) is 3.85. The van der Waals surface area contributed by atoms with Gasteiger partial charge in [0, 0.05) is 23.6 Å². The van der Waals surface area contributed by atoms with Gasteiger partial charge in [-0.3, -0.25) is 4.79 Å². The van der Waals surface area contributed by atoms with Crippen LogP contribution >= 0.6 is 0 Å². The number of benzene rings is 3. The maximum Gasteiger partial charge on any atom is 0.185 e. The number of nitrogens with zero attached hydrogens (tertiary/aromatic N) is 3. The molecule has 3 aromatic rings. The molecule has 6 rings (SSSR count). The molecule has 0 amide bonds. The first-order valence-electron chi connectivity index (χ1n) is 12.6. The lowest BCUT2D eigenvalue weighted by Gasteiger charge is -2.35. The minimum absolute atomic E-state index is 0.0305. The standard InChI is InChI=1S/C32H24FN3O/c33-25-14-12-22(13-15-25)28-29(27(21-10-11-21)24(18-34)19-35)30-26-9-5-4-6-20(26)16-17-36(30)31(28)32(37)23-7-2-1-3-8-23/h1-9,12-17,21,28-31H,10-11H2/t28-,29+,30+,31+/m0/s1. The minimum atomic E-state index is -0.583. The number of ketones is 1. The van der Waals surface area contributed by atoms with Crippen molar-refractivity contribution in [2.45, 2.75) is 30.8 Å². The number of allylic oxidation sites excluding steroid dienone is 1. The smallest absolute Gasteiger partial charge is 0.185 e. The van der Waals surface area contributed by atoms with Crippen molar-refractivity contribution in [3.63, 3.8) is 0 Å². The molecule has 3 aromatic carbocycles. The normalized spacial score (nSPS) is 23.4. The highest BCUT2D eigenvalue weighted by Crippen LogP contribution is 2.59. The number of carbonyl (C=O) groups excluding carboxylic acids is 1. The van der Waals surface area contributed by atoms with E-state index in [1.54, 1.807) is 12.1 Å². The van der Waals surface area contributed by atoms with Crippen LogP contribution in [0.15, 0.2) is 96.2 Å². The Kier molecular flexibility index (Phi) is 5.70. The van der Waals surface area contributed by atoms with Crippen LogP contribution in [0.3, 0.4) is 0 Å². The predicted molar refractivity (Wildman–Crippen MR) is 138 cm³/mol. The van der Waals surface area contributed by atoms with Crippen molar-refractivity contribution < 1.29 is 9.18 Å². The van der Waals surface area contributed by atoms with Crippen LogP contribution < -0.4 is 0 Å². The second-order valence-electron chi connectivity index (χ2n) is 9.94. The van der Waals surface area contributed by atoms with E-state index in [2.05, 4.69) is 29.2 Å². The maximum absolute atomic E-state index is 14.2. The van der Waals surface area contributed by atoms with Gasteiger partial charge >= 0.3 is 0 Å². The van der Waals surface area contributed by atoms with E-state index in [-0.39, 0.29) is 41.0 Å². The lowest BCUT2D eigenvalue weighted by molar-refractivity contribution is 0.0874. The van der Waals surface area contributed by atoms with Gasteiger partial charge in [0.1, 0.15) is 23.5 Å². The van der Waals surface area contributed by atoms with E-state index in [0.717, 1.165) is 35.1 Å². The maximum atomic E-state index is 14.2. The molecule has 4 atom stereocenters. The number of fused-ring (bicyclic) bond motifs is 3. The average Bonchev–Trinajstić information content (AvgIpc) is 3.72. The third-order valence-corrected chi connectivity index (χ3v) is 7.92. The number of nitriles is 2. The van der Waals surface area contributed by atoms with Crippen LogP contribution in [0.5, 0.6) is 0 Å². The SMILES string of the molecule is N#CC(C#N)=C(C1CC1)[C@@H]1[C@H](c2ccc(F)cc2)[C@H](C(=O)c2ccccc2)N2C=Cc3ccccc3[C@H]12. The zero-order valence-electron chi connectivity index (χ0n) is 20.1. The molecular weight excluding hydrogens is 461 g/mol. The molecule has 3 aliphatic rings. The van der Waals surface area contributed by atoms with Gasteiger partial charge in [0.05, 0.1) is 12.1 Å². The highest BCUT2D eigenvalue weighted by Gasteiger charge is 2.56. The Balaban J connectivity index is 1.63. The van der Waals surface area contributed by atoms with Gasteiger partial charge in [-0.05, 0) is 59.2 Å². The Bertz CT molecular complexity index is 1490. The van der Waals surface area contributed by atoms with Gasteiger partial charge in [0.25, 0.3) is 0 Å². The number of hydrogen-bond donors (Lipinski definition) is 0. The lowest BCUT2D eigenvalue weighted by atomic mass is 9.72. The van der Waals surface area contributed by atoms with E-state index in [0.29, 0.717) is 5.56 Å². The van der Waals surface area contributed by atoms with E-state index in [1.165, 1.54) is 12.1 Å². The van der Waals surface area contributed by atoms with Crippen LogP contribution in [0.1, 0.15) is 51.8 Å². The number of carbonyl (C=O) groups is 1. The molecule has 5 heteroatoms. The molecule has 0 radical (unpaired) electrons. The summed E-state index contributed by atoms with van der Waals surface area (Å²) < 4.78 is 14.0. The van der Waals surface area contributed by atoms with Crippen LogP contribution in [-0.2, 0) is 0 Å². The van der Waals surface area contributed by atoms with Crippen molar-refractivity contribution in [3.8, 4) is 12.1 Å². The van der Waals surface area contributed by atoms with E-state index < -0.39 is 6.04 Å². The second kappa shape index (κ2) is 9.19. The molecule has 1 saturated carbocycles. The summed E-state index contributed by atoms with van der Waals surface area (Å²) in [5.74, 6) is -0.915. The molecule has 0 spiro atoms. The van der Waals surface area contributed by atoms with Gasteiger partial charge in [-0.1, -0.05) is 66.7 Å². The summed E-state index contributed by atoms with van der Waals surface area (Å²) in [7, 11) is 0. The van der Waals surface area contributed by atoms with E-state index in [1.807, 2.05) is 54.7 Å². The van der Waals surface area contributed by atoms with Crippen molar-refractivity contribution in [1.82, 2.24) is 4.90 Å². The Labute approximate surface area is 215 Å². The summed E-state index contributed by atoms with van der Waals surface area (Å²) in [6.45, 7) is 0. The molecule has 1 aliphatic carbocycles. The molecule has 0 N–H and O–H groups in total. The van der Waals surface area contributed by atoms with Gasteiger partial charge in [0.15, 0.2) is 5.78 Å². The fourth-order valence-corrected chi connectivity index (χ4v) is 6.28. The summed E-state index contributed by atoms with van der Waals surface area (Å²) >= 11 is 0. The molecule has 37 heavy (non-hydrogen) atoms. The van der Waals surface area contributed by atoms with Gasteiger partial charge in [-0.2, -0.15) is 10.5 Å². The molecule has 4 nitrogen and oxygen atoms in total. The van der Waals surface area contributed by atoms with Crippen molar-refractivity contribution >= 4 is 11.9 Å². The highest BCUT2D eigenvalue weighted by atomic mass is 19.1. The van der Waals surface area contributed by atoms with Gasteiger partial charge < -0.3 is 4.90 Å². The van der Waals surface area contributed by atoms with Crippen LogP contribution in [0.4, 0.5) is 4.39 Å². The molecule has 2 aliphatic heterocycles. The van der Waals surface area contributed by atoms with E-state index in [4.69, 9.17) is 0 Å². The Morgan fingerprint density at radius 1 is 0.892 bits per heavy atom. The summed E-state index contributed by atoms with van der Waals surface area (Å²) in [5, 5.41) is 20.0. The number of halogens is 1. The lowest BCUT2D eigenvalue weighted by Crippen LogP contribution is -2.37. The summed E-state index contributed by atoms with van der Waals surface area (Å²) in [5.41, 5.74) is 4.53. The fourth-order valence-electron chi connectivity index (χ4n) is 6.28. The molecule has 180 valence electrons. The molecule has 2 heterocycles.